The fourth-order valence-electron chi connectivity index (χ4n) is 1.58. The van der Waals surface area contributed by atoms with Crippen LogP contribution in [-0.2, 0) is 0 Å². The summed E-state index contributed by atoms with van der Waals surface area (Å²) in [4.78, 5) is 0. The standard InChI is InChI=1S/C14H18F2O3/c1-9(2)11(8-17)6-10-4-5-12(18-3)13(7-10)19-14(15)16/h4-7,9,14,17H,8H2,1-3H3. The van der Waals surface area contributed by atoms with Gasteiger partial charge in [0.05, 0.1) is 13.7 Å². The van der Waals surface area contributed by atoms with E-state index in [9.17, 15) is 13.9 Å². The van der Waals surface area contributed by atoms with Crippen LogP contribution in [-0.4, -0.2) is 25.4 Å². The molecule has 0 atom stereocenters. The molecule has 106 valence electrons. The molecule has 0 saturated heterocycles. The van der Waals surface area contributed by atoms with Crippen LogP contribution in [0, 0.1) is 5.92 Å². The third-order valence-corrected chi connectivity index (χ3v) is 2.68. The van der Waals surface area contributed by atoms with E-state index in [2.05, 4.69) is 4.74 Å². The molecular weight excluding hydrogens is 254 g/mol. The number of ether oxygens (including phenoxy) is 2. The van der Waals surface area contributed by atoms with Crippen molar-refractivity contribution in [2.24, 2.45) is 5.92 Å². The summed E-state index contributed by atoms with van der Waals surface area (Å²) in [6, 6.07) is 4.73. The molecule has 0 amide bonds. The molecule has 0 fully saturated rings. The van der Waals surface area contributed by atoms with Crippen LogP contribution in [0.1, 0.15) is 19.4 Å². The van der Waals surface area contributed by atoms with Crippen molar-refractivity contribution in [3.05, 3.63) is 29.3 Å². The number of aliphatic hydroxyl groups excluding tert-OH is 1. The van der Waals surface area contributed by atoms with Gasteiger partial charge in [0.2, 0.25) is 0 Å². The van der Waals surface area contributed by atoms with E-state index >= 15 is 0 Å². The van der Waals surface area contributed by atoms with Gasteiger partial charge in [-0.3, -0.25) is 0 Å². The molecule has 0 heterocycles. The predicted molar refractivity (Wildman–Crippen MR) is 69.5 cm³/mol. The van der Waals surface area contributed by atoms with Crippen molar-refractivity contribution in [1.82, 2.24) is 0 Å². The Kier molecular flexibility index (Phi) is 5.76. The van der Waals surface area contributed by atoms with Crippen LogP contribution in [0.3, 0.4) is 0 Å². The van der Waals surface area contributed by atoms with Crippen LogP contribution in [0.4, 0.5) is 8.78 Å². The molecule has 3 nitrogen and oxygen atoms in total. The molecule has 0 aromatic heterocycles. The first kappa shape index (κ1) is 15.4. The van der Waals surface area contributed by atoms with E-state index in [0.29, 0.717) is 5.56 Å². The monoisotopic (exact) mass is 272 g/mol. The Bertz CT molecular complexity index is 442. The van der Waals surface area contributed by atoms with Crippen LogP contribution in [0.2, 0.25) is 0 Å². The van der Waals surface area contributed by atoms with Crippen molar-refractivity contribution in [1.29, 1.82) is 0 Å². The molecule has 0 bridgehead atoms. The average Bonchev–Trinajstić information content (AvgIpc) is 2.35. The second kappa shape index (κ2) is 7.09. The third-order valence-electron chi connectivity index (χ3n) is 2.68. The molecule has 0 spiro atoms. The fraction of sp³-hybridized carbons (Fsp3) is 0.429. The maximum atomic E-state index is 12.3. The van der Waals surface area contributed by atoms with Gasteiger partial charge in [-0.15, -0.1) is 0 Å². The highest BCUT2D eigenvalue weighted by Crippen LogP contribution is 2.30. The van der Waals surface area contributed by atoms with Gasteiger partial charge in [0.15, 0.2) is 11.5 Å². The Balaban J connectivity index is 3.10. The molecule has 0 aliphatic heterocycles. The Labute approximate surface area is 111 Å². The maximum Gasteiger partial charge on any atom is 0.387 e. The lowest BCUT2D eigenvalue weighted by Gasteiger charge is -2.12. The van der Waals surface area contributed by atoms with Crippen molar-refractivity contribution >= 4 is 6.08 Å². The molecule has 1 N–H and O–H groups in total. The second-order valence-corrected chi connectivity index (χ2v) is 4.32. The third kappa shape index (κ3) is 4.52. The SMILES string of the molecule is COc1ccc(C=C(CO)C(C)C)cc1OC(F)F. The summed E-state index contributed by atoms with van der Waals surface area (Å²) < 4.78 is 33.9. The van der Waals surface area contributed by atoms with Crippen LogP contribution < -0.4 is 9.47 Å². The molecule has 5 heteroatoms. The molecule has 0 aliphatic rings. The van der Waals surface area contributed by atoms with Crippen LogP contribution in [0.15, 0.2) is 23.8 Å². The van der Waals surface area contributed by atoms with Crippen molar-refractivity contribution in [3.63, 3.8) is 0 Å². The quantitative estimate of drug-likeness (QED) is 0.863. The first-order valence-electron chi connectivity index (χ1n) is 5.92. The van der Waals surface area contributed by atoms with E-state index in [1.165, 1.54) is 13.2 Å². The van der Waals surface area contributed by atoms with Gasteiger partial charge >= 0.3 is 6.61 Å². The van der Waals surface area contributed by atoms with Gasteiger partial charge in [-0.25, -0.2) is 0 Å². The lowest BCUT2D eigenvalue weighted by molar-refractivity contribution is -0.0512. The molecule has 0 radical (unpaired) electrons. The summed E-state index contributed by atoms with van der Waals surface area (Å²) in [6.45, 7) is 0.912. The van der Waals surface area contributed by atoms with E-state index in [0.717, 1.165) is 5.57 Å². The molecule has 1 aromatic carbocycles. The molecule has 19 heavy (non-hydrogen) atoms. The second-order valence-electron chi connectivity index (χ2n) is 4.32. The van der Waals surface area contributed by atoms with Crippen LogP contribution in [0.25, 0.3) is 6.08 Å². The molecule has 0 unspecified atom stereocenters. The zero-order valence-corrected chi connectivity index (χ0v) is 11.2. The number of rotatable bonds is 6. The van der Waals surface area contributed by atoms with E-state index in [4.69, 9.17) is 4.74 Å². The number of methoxy groups -OCH3 is 1. The van der Waals surface area contributed by atoms with Crippen molar-refractivity contribution in [3.8, 4) is 11.5 Å². The van der Waals surface area contributed by atoms with E-state index in [1.807, 2.05) is 13.8 Å². The van der Waals surface area contributed by atoms with Gasteiger partial charge in [-0.1, -0.05) is 26.0 Å². The molecular formula is C14H18F2O3. The van der Waals surface area contributed by atoms with Gasteiger partial charge in [-0.05, 0) is 29.2 Å². The minimum absolute atomic E-state index is 0.0210. The van der Waals surface area contributed by atoms with E-state index in [1.54, 1.807) is 18.2 Å². The zero-order valence-electron chi connectivity index (χ0n) is 11.2. The van der Waals surface area contributed by atoms with Gasteiger partial charge in [-0.2, -0.15) is 8.78 Å². The van der Waals surface area contributed by atoms with Crippen molar-refractivity contribution < 1.29 is 23.4 Å². The first-order chi connectivity index (χ1) is 8.97. The molecule has 0 saturated carbocycles. The van der Waals surface area contributed by atoms with Gasteiger partial charge < -0.3 is 14.6 Å². The Morgan fingerprint density at radius 2 is 2.00 bits per heavy atom. The van der Waals surface area contributed by atoms with E-state index in [-0.39, 0.29) is 24.0 Å². The minimum Gasteiger partial charge on any atom is -0.493 e. The average molecular weight is 272 g/mol. The van der Waals surface area contributed by atoms with Gasteiger partial charge in [0.25, 0.3) is 0 Å². The summed E-state index contributed by atoms with van der Waals surface area (Å²) in [5.41, 5.74) is 1.49. The van der Waals surface area contributed by atoms with Crippen LogP contribution >= 0.6 is 0 Å². The minimum atomic E-state index is -2.91. The zero-order chi connectivity index (χ0) is 14.4. The maximum absolute atomic E-state index is 12.3. The highest BCUT2D eigenvalue weighted by molar-refractivity contribution is 5.58. The molecule has 0 aliphatic carbocycles. The highest BCUT2D eigenvalue weighted by Gasteiger charge is 2.11. The van der Waals surface area contributed by atoms with Gasteiger partial charge in [0.1, 0.15) is 0 Å². The summed E-state index contributed by atoms with van der Waals surface area (Å²) in [7, 11) is 1.39. The lowest BCUT2D eigenvalue weighted by atomic mass is 10.0. The van der Waals surface area contributed by atoms with Gasteiger partial charge in [0, 0.05) is 0 Å². The number of benzene rings is 1. The smallest absolute Gasteiger partial charge is 0.387 e. The number of halogens is 2. The number of hydrogen-bond donors (Lipinski definition) is 1. The van der Waals surface area contributed by atoms with Crippen molar-refractivity contribution in [2.45, 2.75) is 20.5 Å². The Morgan fingerprint density at radius 3 is 2.47 bits per heavy atom. The summed E-state index contributed by atoms with van der Waals surface area (Å²) in [5, 5.41) is 9.23. The number of aliphatic hydroxyl groups is 1. The summed E-state index contributed by atoms with van der Waals surface area (Å²) in [6.07, 6.45) is 1.75. The largest absolute Gasteiger partial charge is 0.493 e. The predicted octanol–water partition coefficient (Wildman–Crippen LogP) is 3.33. The summed E-state index contributed by atoms with van der Waals surface area (Å²) >= 11 is 0. The van der Waals surface area contributed by atoms with E-state index < -0.39 is 6.61 Å². The first-order valence-corrected chi connectivity index (χ1v) is 5.92. The lowest BCUT2D eigenvalue weighted by Crippen LogP contribution is -2.04. The number of alkyl halides is 2. The normalized spacial score (nSPS) is 12.1. The molecule has 1 aromatic rings. The van der Waals surface area contributed by atoms with Crippen LogP contribution in [0.5, 0.6) is 11.5 Å². The summed E-state index contributed by atoms with van der Waals surface area (Å²) in [5.74, 6) is 0.395. The van der Waals surface area contributed by atoms with Crippen molar-refractivity contribution in [2.75, 3.05) is 13.7 Å². The highest BCUT2D eigenvalue weighted by atomic mass is 19.3. The Hall–Kier alpha value is -1.62. The Morgan fingerprint density at radius 1 is 1.32 bits per heavy atom. The fourth-order valence-corrected chi connectivity index (χ4v) is 1.58. The topological polar surface area (TPSA) is 38.7 Å². The molecule has 1 rings (SSSR count). The number of hydrogen-bond acceptors (Lipinski definition) is 3.